The lowest BCUT2D eigenvalue weighted by atomic mass is 9.78. The maximum absolute atomic E-state index is 11.0. The highest BCUT2D eigenvalue weighted by molar-refractivity contribution is 5.83. The van der Waals surface area contributed by atoms with Crippen LogP contribution in [0.2, 0.25) is 0 Å². The number of rotatable bonds is 2. The lowest BCUT2D eigenvalue weighted by Gasteiger charge is -2.26. The van der Waals surface area contributed by atoms with Gasteiger partial charge < -0.3 is 10.1 Å². The number of fused-ring (bicyclic) bond motifs is 1. The van der Waals surface area contributed by atoms with E-state index in [9.17, 15) is 4.79 Å². The molecule has 0 bridgehead atoms. The van der Waals surface area contributed by atoms with Gasteiger partial charge in [-0.3, -0.25) is 4.79 Å². The van der Waals surface area contributed by atoms with Crippen LogP contribution in [0.4, 0.5) is 0 Å². The third kappa shape index (κ3) is 2.25. The first kappa shape index (κ1) is 12.3. The number of aryl methyl sites for hydroxylation is 1. The lowest BCUT2D eigenvalue weighted by Crippen LogP contribution is -2.20. The first-order valence-corrected chi connectivity index (χ1v) is 6.95. The molecular formula is C16H19NO2. The average Bonchev–Trinajstić information content (AvgIpc) is 2.80. The maximum atomic E-state index is 11.0. The van der Waals surface area contributed by atoms with Gasteiger partial charge in [-0.15, -0.1) is 0 Å². The van der Waals surface area contributed by atoms with Crippen molar-refractivity contribution in [2.75, 3.05) is 0 Å². The van der Waals surface area contributed by atoms with Crippen molar-refractivity contribution < 1.29 is 9.90 Å². The Hall–Kier alpha value is -1.77. The van der Waals surface area contributed by atoms with Gasteiger partial charge in [-0.1, -0.05) is 6.07 Å². The monoisotopic (exact) mass is 257 g/mol. The van der Waals surface area contributed by atoms with Gasteiger partial charge >= 0.3 is 5.97 Å². The molecule has 1 aliphatic carbocycles. The van der Waals surface area contributed by atoms with Crippen molar-refractivity contribution in [3.63, 3.8) is 0 Å². The average molecular weight is 257 g/mol. The summed E-state index contributed by atoms with van der Waals surface area (Å²) in [5.74, 6) is -0.237. The third-order valence-electron chi connectivity index (χ3n) is 4.46. The molecule has 0 unspecified atom stereocenters. The molecule has 100 valence electrons. The smallest absolute Gasteiger partial charge is 0.306 e. The number of benzene rings is 1. The van der Waals surface area contributed by atoms with Gasteiger partial charge in [0.15, 0.2) is 0 Å². The predicted molar refractivity (Wildman–Crippen MR) is 75.4 cm³/mol. The van der Waals surface area contributed by atoms with Crippen LogP contribution in [-0.4, -0.2) is 16.1 Å². The molecule has 1 saturated carbocycles. The van der Waals surface area contributed by atoms with E-state index in [1.165, 1.54) is 22.0 Å². The number of carbonyl (C=O) groups is 1. The van der Waals surface area contributed by atoms with Gasteiger partial charge in [0.05, 0.1) is 5.92 Å². The van der Waals surface area contributed by atoms with Gasteiger partial charge in [0.2, 0.25) is 0 Å². The zero-order valence-corrected chi connectivity index (χ0v) is 11.1. The van der Waals surface area contributed by atoms with Gasteiger partial charge in [0.1, 0.15) is 0 Å². The number of aliphatic carboxylic acids is 1. The number of aromatic amines is 1. The molecule has 3 heteroatoms. The second-order valence-corrected chi connectivity index (χ2v) is 5.66. The molecule has 0 saturated heterocycles. The Kier molecular flexibility index (Phi) is 3.05. The minimum Gasteiger partial charge on any atom is -0.481 e. The molecule has 0 aliphatic heterocycles. The first-order chi connectivity index (χ1) is 9.15. The fourth-order valence-corrected chi connectivity index (χ4v) is 3.21. The fraction of sp³-hybridized carbons (Fsp3) is 0.438. The summed E-state index contributed by atoms with van der Waals surface area (Å²) in [6.45, 7) is 2.12. The van der Waals surface area contributed by atoms with Crippen molar-refractivity contribution in [2.24, 2.45) is 5.92 Å². The van der Waals surface area contributed by atoms with E-state index in [-0.39, 0.29) is 5.92 Å². The maximum Gasteiger partial charge on any atom is 0.306 e. The normalized spacial score (nSPS) is 23.6. The molecule has 2 N–H and O–H groups in total. The molecule has 1 aromatic carbocycles. The summed E-state index contributed by atoms with van der Waals surface area (Å²) in [6.07, 6.45) is 5.64. The lowest BCUT2D eigenvalue weighted by molar-refractivity contribution is -0.142. The molecule has 1 fully saturated rings. The molecule has 0 atom stereocenters. The predicted octanol–water partition coefficient (Wildman–Crippen LogP) is 3.83. The Balaban J connectivity index is 1.81. The topological polar surface area (TPSA) is 53.1 Å². The van der Waals surface area contributed by atoms with Crippen molar-refractivity contribution in [2.45, 2.75) is 38.5 Å². The van der Waals surface area contributed by atoms with E-state index in [1.54, 1.807) is 0 Å². The fourth-order valence-electron chi connectivity index (χ4n) is 3.21. The third-order valence-corrected chi connectivity index (χ3v) is 4.46. The van der Waals surface area contributed by atoms with Crippen LogP contribution in [0, 0.1) is 12.8 Å². The second kappa shape index (κ2) is 4.72. The zero-order valence-electron chi connectivity index (χ0n) is 11.1. The van der Waals surface area contributed by atoms with Gasteiger partial charge in [-0.2, -0.15) is 0 Å². The molecule has 2 aromatic rings. The number of hydrogen-bond acceptors (Lipinski definition) is 1. The van der Waals surface area contributed by atoms with Crippen molar-refractivity contribution >= 4 is 16.9 Å². The van der Waals surface area contributed by atoms with Crippen molar-refractivity contribution in [3.8, 4) is 0 Å². The van der Waals surface area contributed by atoms with Crippen LogP contribution in [0.1, 0.15) is 42.7 Å². The van der Waals surface area contributed by atoms with Gasteiger partial charge in [-0.25, -0.2) is 0 Å². The summed E-state index contributed by atoms with van der Waals surface area (Å²) in [5, 5.41) is 10.3. The number of carboxylic acid groups (broad SMARTS) is 1. The Morgan fingerprint density at radius 3 is 2.68 bits per heavy atom. The van der Waals surface area contributed by atoms with Crippen LogP contribution in [0.5, 0.6) is 0 Å². The minimum absolute atomic E-state index is 0.131. The SMILES string of the molecule is Cc1c[nH]c2ccc(C3CCC(C(=O)O)CC3)cc12. The summed E-state index contributed by atoms with van der Waals surface area (Å²) in [6, 6.07) is 6.60. The molecular weight excluding hydrogens is 238 g/mol. The zero-order chi connectivity index (χ0) is 13.4. The van der Waals surface area contributed by atoms with E-state index in [2.05, 4.69) is 30.1 Å². The summed E-state index contributed by atoms with van der Waals surface area (Å²) in [5.41, 5.74) is 3.82. The molecule has 1 heterocycles. The Labute approximate surface area is 112 Å². The molecule has 1 aliphatic rings. The van der Waals surface area contributed by atoms with Crippen LogP contribution < -0.4 is 0 Å². The molecule has 0 amide bonds. The largest absolute Gasteiger partial charge is 0.481 e. The summed E-state index contributed by atoms with van der Waals surface area (Å²) in [7, 11) is 0. The van der Waals surface area contributed by atoms with E-state index in [1.807, 2.05) is 6.20 Å². The highest BCUT2D eigenvalue weighted by atomic mass is 16.4. The Bertz CT molecular complexity index is 606. The summed E-state index contributed by atoms with van der Waals surface area (Å²) < 4.78 is 0. The van der Waals surface area contributed by atoms with Gasteiger partial charge in [0.25, 0.3) is 0 Å². The van der Waals surface area contributed by atoms with E-state index >= 15 is 0 Å². The number of H-pyrrole nitrogens is 1. The van der Waals surface area contributed by atoms with E-state index in [0.717, 1.165) is 25.7 Å². The number of aromatic nitrogens is 1. The van der Waals surface area contributed by atoms with Crippen molar-refractivity contribution in [1.29, 1.82) is 0 Å². The van der Waals surface area contributed by atoms with Crippen LogP contribution in [0.25, 0.3) is 10.9 Å². The quantitative estimate of drug-likeness (QED) is 0.859. The van der Waals surface area contributed by atoms with Crippen LogP contribution in [0.15, 0.2) is 24.4 Å². The molecule has 1 aromatic heterocycles. The standard InChI is InChI=1S/C16H19NO2/c1-10-9-17-15-7-6-13(8-14(10)15)11-2-4-12(5-3-11)16(18)19/h6-9,11-12,17H,2-5H2,1H3,(H,18,19). The highest BCUT2D eigenvalue weighted by Gasteiger charge is 2.26. The second-order valence-electron chi connectivity index (χ2n) is 5.66. The number of carboxylic acids is 1. The molecule has 0 spiro atoms. The minimum atomic E-state index is -0.629. The van der Waals surface area contributed by atoms with Crippen molar-refractivity contribution in [3.05, 3.63) is 35.5 Å². The van der Waals surface area contributed by atoms with Crippen LogP contribution in [-0.2, 0) is 4.79 Å². The first-order valence-electron chi connectivity index (χ1n) is 6.95. The Morgan fingerprint density at radius 1 is 1.26 bits per heavy atom. The van der Waals surface area contributed by atoms with Crippen molar-refractivity contribution in [1.82, 2.24) is 4.98 Å². The molecule has 0 radical (unpaired) electrons. The summed E-state index contributed by atoms with van der Waals surface area (Å²) >= 11 is 0. The van der Waals surface area contributed by atoms with E-state index < -0.39 is 5.97 Å². The van der Waals surface area contributed by atoms with E-state index in [0.29, 0.717) is 5.92 Å². The Morgan fingerprint density at radius 2 is 2.00 bits per heavy atom. The van der Waals surface area contributed by atoms with Crippen LogP contribution in [0.3, 0.4) is 0 Å². The molecule has 3 rings (SSSR count). The summed E-state index contributed by atoms with van der Waals surface area (Å²) in [4.78, 5) is 14.2. The van der Waals surface area contributed by atoms with Crippen LogP contribution >= 0.6 is 0 Å². The molecule has 19 heavy (non-hydrogen) atoms. The number of hydrogen-bond donors (Lipinski definition) is 2. The van der Waals surface area contributed by atoms with E-state index in [4.69, 9.17) is 5.11 Å². The van der Waals surface area contributed by atoms with Gasteiger partial charge in [0, 0.05) is 17.1 Å². The number of nitrogens with one attached hydrogen (secondary N) is 1. The molecule has 3 nitrogen and oxygen atoms in total. The van der Waals surface area contributed by atoms with Gasteiger partial charge in [-0.05, 0) is 61.8 Å². The highest BCUT2D eigenvalue weighted by Crippen LogP contribution is 2.37.